The van der Waals surface area contributed by atoms with Gasteiger partial charge in [0.1, 0.15) is 11.8 Å². The first-order valence-corrected chi connectivity index (χ1v) is 6.36. The third-order valence-corrected chi connectivity index (χ3v) is 3.08. The Labute approximate surface area is 107 Å². The summed E-state index contributed by atoms with van der Waals surface area (Å²) in [4.78, 5) is 11.4. The predicted molar refractivity (Wildman–Crippen MR) is 68.5 cm³/mol. The highest BCUT2D eigenvalue weighted by Crippen LogP contribution is 2.19. The quantitative estimate of drug-likeness (QED) is 0.811. The second kappa shape index (κ2) is 5.87. The maximum absolute atomic E-state index is 11.4. The standard InChI is InChI=1S/C14H19NO3/c1-3-17-12-6-4-11(5-7-12)10(2)15-13-8-9-18-14(13)16/h4-7,10,13,15H,3,8-9H2,1-2H3. The van der Waals surface area contributed by atoms with Crippen molar-refractivity contribution in [1.82, 2.24) is 5.32 Å². The van der Waals surface area contributed by atoms with Crippen molar-refractivity contribution in [2.75, 3.05) is 13.2 Å². The summed E-state index contributed by atoms with van der Waals surface area (Å²) >= 11 is 0. The minimum Gasteiger partial charge on any atom is -0.494 e. The second-order valence-corrected chi connectivity index (χ2v) is 4.40. The van der Waals surface area contributed by atoms with Gasteiger partial charge < -0.3 is 9.47 Å². The number of hydrogen-bond acceptors (Lipinski definition) is 4. The van der Waals surface area contributed by atoms with Gasteiger partial charge in [-0.25, -0.2) is 0 Å². The van der Waals surface area contributed by atoms with Crippen LogP contribution in [0.1, 0.15) is 31.9 Å². The van der Waals surface area contributed by atoms with Crippen molar-refractivity contribution in [2.45, 2.75) is 32.4 Å². The Morgan fingerprint density at radius 3 is 2.72 bits per heavy atom. The molecule has 1 aromatic carbocycles. The normalized spacial score (nSPS) is 20.6. The lowest BCUT2D eigenvalue weighted by Gasteiger charge is -2.17. The second-order valence-electron chi connectivity index (χ2n) is 4.40. The minimum absolute atomic E-state index is 0.122. The van der Waals surface area contributed by atoms with Gasteiger partial charge in [0.05, 0.1) is 13.2 Å². The molecule has 0 bridgehead atoms. The van der Waals surface area contributed by atoms with Crippen LogP contribution in [0.25, 0.3) is 0 Å². The maximum atomic E-state index is 11.4. The van der Waals surface area contributed by atoms with Crippen LogP contribution >= 0.6 is 0 Å². The maximum Gasteiger partial charge on any atom is 0.323 e. The number of ether oxygens (including phenoxy) is 2. The van der Waals surface area contributed by atoms with Crippen molar-refractivity contribution in [1.29, 1.82) is 0 Å². The van der Waals surface area contributed by atoms with E-state index in [1.54, 1.807) is 0 Å². The van der Waals surface area contributed by atoms with E-state index in [-0.39, 0.29) is 18.1 Å². The van der Waals surface area contributed by atoms with Gasteiger partial charge in [0, 0.05) is 12.5 Å². The smallest absolute Gasteiger partial charge is 0.323 e. The lowest BCUT2D eigenvalue weighted by atomic mass is 10.1. The van der Waals surface area contributed by atoms with E-state index in [2.05, 4.69) is 5.32 Å². The number of esters is 1. The van der Waals surface area contributed by atoms with Crippen molar-refractivity contribution in [3.05, 3.63) is 29.8 Å². The molecule has 2 rings (SSSR count). The molecule has 2 atom stereocenters. The van der Waals surface area contributed by atoms with Gasteiger partial charge in [-0.15, -0.1) is 0 Å². The van der Waals surface area contributed by atoms with E-state index in [0.717, 1.165) is 17.7 Å². The molecule has 98 valence electrons. The number of rotatable bonds is 5. The third-order valence-electron chi connectivity index (χ3n) is 3.08. The van der Waals surface area contributed by atoms with Crippen LogP contribution < -0.4 is 10.1 Å². The minimum atomic E-state index is -0.174. The van der Waals surface area contributed by atoms with Crippen molar-refractivity contribution in [3.63, 3.8) is 0 Å². The molecule has 0 saturated carbocycles. The molecule has 4 heteroatoms. The Morgan fingerprint density at radius 2 is 2.17 bits per heavy atom. The first kappa shape index (κ1) is 12.9. The zero-order valence-corrected chi connectivity index (χ0v) is 10.8. The van der Waals surface area contributed by atoms with Crippen LogP contribution in [0.2, 0.25) is 0 Å². The summed E-state index contributed by atoms with van der Waals surface area (Å²) in [6, 6.07) is 7.88. The van der Waals surface area contributed by atoms with Crippen LogP contribution in [0, 0.1) is 0 Å². The predicted octanol–water partition coefficient (Wildman–Crippen LogP) is 2.05. The van der Waals surface area contributed by atoms with Crippen molar-refractivity contribution >= 4 is 5.97 Å². The number of nitrogens with one attached hydrogen (secondary N) is 1. The zero-order chi connectivity index (χ0) is 13.0. The summed E-state index contributed by atoms with van der Waals surface area (Å²) in [5.41, 5.74) is 1.14. The van der Waals surface area contributed by atoms with Gasteiger partial charge in [-0.3, -0.25) is 10.1 Å². The van der Waals surface area contributed by atoms with E-state index in [0.29, 0.717) is 13.2 Å². The molecule has 1 fully saturated rings. The third kappa shape index (κ3) is 3.01. The fourth-order valence-corrected chi connectivity index (χ4v) is 2.06. The Bertz CT molecular complexity index is 402. The van der Waals surface area contributed by atoms with Gasteiger partial charge in [-0.05, 0) is 31.5 Å². The molecule has 1 heterocycles. The Balaban J connectivity index is 1.95. The molecule has 1 aliphatic heterocycles. The van der Waals surface area contributed by atoms with E-state index in [1.807, 2.05) is 38.1 Å². The fraction of sp³-hybridized carbons (Fsp3) is 0.500. The molecule has 18 heavy (non-hydrogen) atoms. The Hall–Kier alpha value is -1.55. The van der Waals surface area contributed by atoms with Gasteiger partial charge in [0.25, 0.3) is 0 Å². The van der Waals surface area contributed by atoms with Crippen LogP contribution in [0.15, 0.2) is 24.3 Å². The average Bonchev–Trinajstić information content (AvgIpc) is 2.76. The van der Waals surface area contributed by atoms with Gasteiger partial charge in [-0.2, -0.15) is 0 Å². The SMILES string of the molecule is CCOc1ccc(C(C)NC2CCOC2=O)cc1. The van der Waals surface area contributed by atoms with Gasteiger partial charge in [0.15, 0.2) is 0 Å². The fourth-order valence-electron chi connectivity index (χ4n) is 2.06. The largest absolute Gasteiger partial charge is 0.494 e. The molecule has 1 aromatic rings. The first-order chi connectivity index (χ1) is 8.70. The number of cyclic esters (lactones) is 1. The molecule has 1 N–H and O–H groups in total. The van der Waals surface area contributed by atoms with Gasteiger partial charge >= 0.3 is 5.97 Å². The topological polar surface area (TPSA) is 47.6 Å². The molecule has 0 spiro atoms. The average molecular weight is 249 g/mol. The highest BCUT2D eigenvalue weighted by Gasteiger charge is 2.27. The monoisotopic (exact) mass is 249 g/mol. The number of carbonyl (C=O) groups is 1. The van der Waals surface area contributed by atoms with Gasteiger partial charge in [-0.1, -0.05) is 12.1 Å². The van der Waals surface area contributed by atoms with Crippen molar-refractivity contribution in [3.8, 4) is 5.75 Å². The molecule has 0 amide bonds. The van der Waals surface area contributed by atoms with E-state index >= 15 is 0 Å². The summed E-state index contributed by atoms with van der Waals surface area (Å²) in [6.07, 6.45) is 0.750. The molecule has 4 nitrogen and oxygen atoms in total. The van der Waals surface area contributed by atoms with Crippen LogP contribution in [0.3, 0.4) is 0 Å². The van der Waals surface area contributed by atoms with Crippen molar-refractivity contribution < 1.29 is 14.3 Å². The van der Waals surface area contributed by atoms with E-state index < -0.39 is 0 Å². The van der Waals surface area contributed by atoms with Crippen LogP contribution in [0.5, 0.6) is 5.75 Å². The van der Waals surface area contributed by atoms with Crippen LogP contribution in [-0.4, -0.2) is 25.2 Å². The van der Waals surface area contributed by atoms with Gasteiger partial charge in [0.2, 0.25) is 0 Å². The highest BCUT2D eigenvalue weighted by molar-refractivity contribution is 5.77. The Kier molecular flexibility index (Phi) is 4.20. The van der Waals surface area contributed by atoms with E-state index in [9.17, 15) is 4.79 Å². The molecular weight excluding hydrogens is 230 g/mol. The molecule has 0 aliphatic carbocycles. The molecule has 0 aromatic heterocycles. The van der Waals surface area contributed by atoms with E-state index in [1.165, 1.54) is 0 Å². The lowest BCUT2D eigenvalue weighted by molar-refractivity contribution is -0.139. The molecule has 1 aliphatic rings. The Morgan fingerprint density at radius 1 is 1.44 bits per heavy atom. The van der Waals surface area contributed by atoms with Crippen molar-refractivity contribution in [2.24, 2.45) is 0 Å². The summed E-state index contributed by atoms with van der Waals surface area (Å²) < 4.78 is 10.3. The summed E-state index contributed by atoms with van der Waals surface area (Å²) in [5.74, 6) is 0.724. The van der Waals surface area contributed by atoms with Crippen LogP contribution in [0.4, 0.5) is 0 Å². The highest BCUT2D eigenvalue weighted by atomic mass is 16.5. The summed E-state index contributed by atoms with van der Waals surface area (Å²) in [7, 11) is 0. The number of carbonyl (C=O) groups excluding carboxylic acids is 1. The molecule has 0 radical (unpaired) electrons. The lowest BCUT2D eigenvalue weighted by Crippen LogP contribution is -2.34. The summed E-state index contributed by atoms with van der Waals surface area (Å²) in [6.45, 7) is 5.19. The first-order valence-electron chi connectivity index (χ1n) is 6.36. The summed E-state index contributed by atoms with van der Waals surface area (Å²) in [5, 5.41) is 3.28. The molecule has 1 saturated heterocycles. The number of hydrogen-bond donors (Lipinski definition) is 1. The zero-order valence-electron chi connectivity index (χ0n) is 10.8. The molecular formula is C14H19NO3. The van der Waals surface area contributed by atoms with Crippen LogP contribution in [-0.2, 0) is 9.53 Å². The molecule has 2 unspecified atom stereocenters. The number of benzene rings is 1. The van der Waals surface area contributed by atoms with E-state index in [4.69, 9.17) is 9.47 Å².